The Hall–Kier alpha value is -1.75. The first-order valence-electron chi connectivity index (χ1n) is 5.74. The highest BCUT2D eigenvalue weighted by atomic mass is 16.7. The normalized spacial score (nSPS) is 21.6. The molecule has 5 heteroatoms. The summed E-state index contributed by atoms with van der Waals surface area (Å²) in [4.78, 5) is 11.4. The van der Waals surface area contributed by atoms with E-state index in [0.717, 1.165) is 0 Å². The van der Waals surface area contributed by atoms with Crippen LogP contribution in [-0.2, 0) is 14.3 Å². The van der Waals surface area contributed by atoms with Crippen molar-refractivity contribution in [3.63, 3.8) is 0 Å². The molecule has 0 spiro atoms. The maximum absolute atomic E-state index is 11.4. The van der Waals surface area contributed by atoms with Gasteiger partial charge in [0.05, 0.1) is 12.3 Å². The van der Waals surface area contributed by atoms with Gasteiger partial charge in [-0.25, -0.2) is 4.79 Å². The van der Waals surface area contributed by atoms with Gasteiger partial charge in [0.2, 0.25) is 5.79 Å². The highest BCUT2D eigenvalue weighted by Crippen LogP contribution is 2.33. The number of carbonyl (C=O) groups is 1. The lowest BCUT2D eigenvalue weighted by atomic mass is 9.99. The first-order chi connectivity index (χ1) is 8.39. The van der Waals surface area contributed by atoms with E-state index in [1.165, 1.54) is 12.3 Å². The minimum Gasteiger partial charge on any atom is -0.467 e. The summed E-state index contributed by atoms with van der Waals surface area (Å²) in [5, 5.41) is 10.1. The fraction of sp³-hybridized carbons (Fsp3) is 0.462. The molecule has 0 fully saturated rings. The molecule has 0 radical (unpaired) electrons. The monoisotopic (exact) mass is 252 g/mol. The van der Waals surface area contributed by atoms with Crippen molar-refractivity contribution in [3.05, 3.63) is 36.0 Å². The number of hydrogen-bond acceptors (Lipinski definition) is 5. The van der Waals surface area contributed by atoms with Crippen LogP contribution in [0, 0.1) is 5.92 Å². The summed E-state index contributed by atoms with van der Waals surface area (Å²) in [5.74, 6) is -1.06. The Balaban J connectivity index is 2.18. The zero-order valence-corrected chi connectivity index (χ0v) is 10.5. The summed E-state index contributed by atoms with van der Waals surface area (Å²) >= 11 is 0. The van der Waals surface area contributed by atoms with Gasteiger partial charge in [-0.15, -0.1) is 0 Å². The Morgan fingerprint density at radius 2 is 2.06 bits per heavy atom. The molecule has 0 aliphatic carbocycles. The Bertz CT molecular complexity index is 458. The molecule has 18 heavy (non-hydrogen) atoms. The van der Waals surface area contributed by atoms with Gasteiger partial charge in [0.15, 0.2) is 0 Å². The predicted molar refractivity (Wildman–Crippen MR) is 62.2 cm³/mol. The van der Waals surface area contributed by atoms with Crippen LogP contribution >= 0.6 is 0 Å². The summed E-state index contributed by atoms with van der Waals surface area (Å²) in [6.45, 7) is 5.04. The van der Waals surface area contributed by atoms with Crippen molar-refractivity contribution in [2.45, 2.75) is 32.7 Å². The average molecular weight is 252 g/mol. The fourth-order valence-electron chi connectivity index (χ4n) is 1.81. The van der Waals surface area contributed by atoms with E-state index in [-0.39, 0.29) is 0 Å². The van der Waals surface area contributed by atoms with Crippen LogP contribution in [0.25, 0.3) is 0 Å². The minimum atomic E-state index is -1.02. The van der Waals surface area contributed by atoms with E-state index in [2.05, 4.69) is 0 Å². The van der Waals surface area contributed by atoms with E-state index in [1.54, 1.807) is 32.9 Å². The molecule has 1 aromatic rings. The first-order valence-corrected chi connectivity index (χ1v) is 5.74. The van der Waals surface area contributed by atoms with Crippen molar-refractivity contribution < 1.29 is 23.8 Å². The lowest BCUT2D eigenvalue weighted by molar-refractivity contribution is -0.209. The summed E-state index contributed by atoms with van der Waals surface area (Å²) in [6, 6.07) is 3.37. The number of ether oxygens (including phenoxy) is 2. The van der Waals surface area contributed by atoms with Crippen LogP contribution in [0.1, 0.15) is 32.6 Å². The van der Waals surface area contributed by atoms with Crippen molar-refractivity contribution in [3.8, 4) is 0 Å². The zero-order chi connectivity index (χ0) is 13.3. The van der Waals surface area contributed by atoms with E-state index < -0.39 is 23.8 Å². The van der Waals surface area contributed by atoms with Gasteiger partial charge in [0, 0.05) is 19.8 Å². The van der Waals surface area contributed by atoms with Crippen LogP contribution in [0.4, 0.5) is 0 Å². The third kappa shape index (κ3) is 2.56. The number of cyclic esters (lactones) is 1. The smallest absolute Gasteiger partial charge is 0.337 e. The zero-order valence-electron chi connectivity index (χ0n) is 10.5. The standard InChI is InChI=1S/C13H16O5/c1-8(12(15)9-5-4-6-16-9)10-7-11(14)18-13(2,3)17-10/h4-8,12,15H,1-3H3/t8-,12-/m1/s1. The lowest BCUT2D eigenvalue weighted by Gasteiger charge is -2.33. The van der Waals surface area contributed by atoms with Crippen molar-refractivity contribution in [2.24, 2.45) is 5.92 Å². The van der Waals surface area contributed by atoms with Gasteiger partial charge in [-0.2, -0.15) is 0 Å². The largest absolute Gasteiger partial charge is 0.467 e. The summed E-state index contributed by atoms with van der Waals surface area (Å²) in [6.07, 6.45) is 1.87. The molecule has 2 atom stereocenters. The summed E-state index contributed by atoms with van der Waals surface area (Å²) in [7, 11) is 0. The number of esters is 1. The van der Waals surface area contributed by atoms with Crippen molar-refractivity contribution in [1.82, 2.24) is 0 Å². The molecule has 1 aromatic heterocycles. The van der Waals surface area contributed by atoms with Crippen LogP contribution in [0.2, 0.25) is 0 Å². The molecule has 0 aromatic carbocycles. The van der Waals surface area contributed by atoms with Crippen LogP contribution in [0.3, 0.4) is 0 Å². The first kappa shape index (κ1) is 12.7. The molecule has 0 saturated carbocycles. The third-order valence-electron chi connectivity index (χ3n) is 2.73. The molecule has 0 unspecified atom stereocenters. The molecule has 1 aliphatic heterocycles. The van der Waals surface area contributed by atoms with Gasteiger partial charge in [0.25, 0.3) is 0 Å². The van der Waals surface area contributed by atoms with Gasteiger partial charge in [-0.1, -0.05) is 6.92 Å². The molecule has 0 bridgehead atoms. The van der Waals surface area contributed by atoms with E-state index in [4.69, 9.17) is 13.9 Å². The Labute approximate surface area is 105 Å². The number of rotatable bonds is 3. The molecule has 98 valence electrons. The Morgan fingerprint density at radius 3 is 2.61 bits per heavy atom. The number of aliphatic hydroxyl groups excluding tert-OH is 1. The molecule has 0 saturated heterocycles. The minimum absolute atomic E-state index is 0.389. The van der Waals surface area contributed by atoms with E-state index >= 15 is 0 Å². The average Bonchev–Trinajstić information content (AvgIpc) is 2.77. The fourth-order valence-corrected chi connectivity index (χ4v) is 1.81. The van der Waals surface area contributed by atoms with Gasteiger partial charge in [-0.05, 0) is 12.1 Å². The second kappa shape index (κ2) is 4.49. The van der Waals surface area contributed by atoms with Gasteiger partial charge >= 0.3 is 5.97 Å². The second-order valence-corrected chi connectivity index (χ2v) is 4.72. The van der Waals surface area contributed by atoms with Gasteiger partial charge in [-0.3, -0.25) is 0 Å². The molecular formula is C13H16O5. The molecule has 1 aliphatic rings. The quantitative estimate of drug-likeness (QED) is 0.835. The van der Waals surface area contributed by atoms with Gasteiger partial charge < -0.3 is 19.0 Å². The lowest BCUT2D eigenvalue weighted by Crippen LogP contribution is -2.36. The second-order valence-electron chi connectivity index (χ2n) is 4.72. The maximum Gasteiger partial charge on any atom is 0.337 e. The molecular weight excluding hydrogens is 236 g/mol. The van der Waals surface area contributed by atoms with Gasteiger partial charge in [0.1, 0.15) is 17.6 Å². The highest BCUT2D eigenvalue weighted by Gasteiger charge is 2.35. The predicted octanol–water partition coefficient (Wildman–Crippen LogP) is 2.14. The van der Waals surface area contributed by atoms with Crippen LogP contribution in [0.5, 0.6) is 0 Å². The van der Waals surface area contributed by atoms with Crippen LogP contribution in [0.15, 0.2) is 34.6 Å². The van der Waals surface area contributed by atoms with E-state index in [0.29, 0.717) is 11.5 Å². The number of aliphatic hydroxyl groups is 1. The third-order valence-corrected chi connectivity index (χ3v) is 2.73. The SMILES string of the molecule is C[C@H](C1=CC(=O)OC(C)(C)O1)[C@@H](O)c1ccco1. The number of furan rings is 1. The van der Waals surface area contributed by atoms with Crippen molar-refractivity contribution >= 4 is 5.97 Å². The molecule has 1 N–H and O–H groups in total. The Kier molecular flexibility index (Phi) is 3.17. The summed E-state index contributed by atoms with van der Waals surface area (Å²) in [5.41, 5.74) is 0. The number of carbonyl (C=O) groups excluding carboxylic acids is 1. The van der Waals surface area contributed by atoms with E-state index in [1.807, 2.05) is 0 Å². The van der Waals surface area contributed by atoms with E-state index in [9.17, 15) is 9.90 Å². The summed E-state index contributed by atoms with van der Waals surface area (Å²) < 4.78 is 15.7. The topological polar surface area (TPSA) is 68.9 Å². The molecule has 0 amide bonds. The van der Waals surface area contributed by atoms with Crippen molar-refractivity contribution in [2.75, 3.05) is 0 Å². The number of hydrogen-bond donors (Lipinski definition) is 1. The van der Waals surface area contributed by atoms with Crippen LogP contribution < -0.4 is 0 Å². The van der Waals surface area contributed by atoms with Crippen molar-refractivity contribution in [1.29, 1.82) is 0 Å². The molecule has 2 heterocycles. The maximum atomic E-state index is 11.4. The molecule has 2 rings (SSSR count). The molecule has 5 nitrogen and oxygen atoms in total. The van der Waals surface area contributed by atoms with Crippen LogP contribution in [-0.4, -0.2) is 16.9 Å². The highest BCUT2D eigenvalue weighted by molar-refractivity contribution is 5.83. The Morgan fingerprint density at radius 1 is 1.33 bits per heavy atom.